The molecule has 3 rings (SSSR count). The molecule has 2 aliphatic heterocycles. The summed E-state index contributed by atoms with van der Waals surface area (Å²) in [6, 6.07) is 0. The van der Waals surface area contributed by atoms with E-state index in [1.165, 1.54) is 4.90 Å². The Labute approximate surface area is 154 Å². The molecule has 2 unspecified atom stereocenters. The minimum atomic E-state index is -4.14. The van der Waals surface area contributed by atoms with Crippen LogP contribution >= 0.6 is 0 Å². The minimum Gasteiger partial charge on any atom is -0.362 e. The molecule has 0 aromatic carbocycles. The number of hydrogen-bond donors (Lipinski definition) is 1. The highest BCUT2D eigenvalue weighted by Crippen LogP contribution is 2.82. The molecule has 0 aromatic rings. The van der Waals surface area contributed by atoms with Gasteiger partial charge in [-0.2, -0.15) is 13.2 Å². The topological polar surface area (TPSA) is 33.6 Å². The van der Waals surface area contributed by atoms with E-state index in [-0.39, 0.29) is 22.4 Å². The van der Waals surface area contributed by atoms with Crippen molar-refractivity contribution in [2.24, 2.45) is 16.2 Å². The number of fused-ring (bicyclic) bond motifs is 1. The molecular formula is C19H31F3N4. The fourth-order valence-corrected chi connectivity index (χ4v) is 5.77. The van der Waals surface area contributed by atoms with Crippen LogP contribution in [0.25, 0.3) is 0 Å². The minimum absolute atomic E-state index is 0.0920. The zero-order valence-corrected chi connectivity index (χ0v) is 16.5. The summed E-state index contributed by atoms with van der Waals surface area (Å²) < 4.78 is 38.0. The van der Waals surface area contributed by atoms with Gasteiger partial charge in [0.25, 0.3) is 0 Å². The monoisotopic (exact) mass is 372 g/mol. The Morgan fingerprint density at radius 3 is 2.19 bits per heavy atom. The Kier molecular flexibility index (Phi) is 4.51. The molecule has 1 N–H and O–H groups in total. The van der Waals surface area contributed by atoms with E-state index in [0.29, 0.717) is 31.9 Å². The van der Waals surface area contributed by atoms with Crippen molar-refractivity contribution in [3.8, 4) is 0 Å². The van der Waals surface area contributed by atoms with Crippen LogP contribution in [-0.2, 0) is 0 Å². The number of hydrogen-bond acceptors (Lipinski definition) is 4. The molecule has 26 heavy (non-hydrogen) atoms. The number of allylic oxidation sites excluding steroid dienone is 1. The quantitative estimate of drug-likeness (QED) is 0.768. The van der Waals surface area contributed by atoms with Crippen LogP contribution in [0.2, 0.25) is 0 Å². The summed E-state index contributed by atoms with van der Waals surface area (Å²) in [5, 5.41) is 8.41. The Balaban J connectivity index is 1.83. The highest BCUT2D eigenvalue weighted by molar-refractivity contribution is 5.92. The fourth-order valence-electron chi connectivity index (χ4n) is 5.77. The number of halogens is 3. The van der Waals surface area contributed by atoms with E-state index in [2.05, 4.69) is 49.8 Å². The first kappa shape index (κ1) is 19.7. The second kappa shape index (κ2) is 5.96. The van der Waals surface area contributed by atoms with Gasteiger partial charge in [0, 0.05) is 54.7 Å². The van der Waals surface area contributed by atoms with Crippen LogP contribution in [0.15, 0.2) is 12.3 Å². The Hall–Kier alpha value is -1.08. The summed E-state index contributed by atoms with van der Waals surface area (Å²) in [5.74, 6) is 0. The summed E-state index contributed by atoms with van der Waals surface area (Å²) in [5.41, 5.74) is 0.244. The number of rotatable bonds is 4. The van der Waals surface area contributed by atoms with Crippen LogP contribution in [0, 0.1) is 21.7 Å². The molecule has 3 aliphatic rings. The lowest BCUT2D eigenvalue weighted by atomic mass is 9.87. The average molecular weight is 372 g/mol. The molecule has 0 amide bonds. The summed E-state index contributed by atoms with van der Waals surface area (Å²) in [7, 11) is 0. The van der Waals surface area contributed by atoms with Crippen molar-refractivity contribution in [1.82, 2.24) is 14.7 Å². The van der Waals surface area contributed by atoms with Crippen molar-refractivity contribution >= 4 is 5.71 Å². The Morgan fingerprint density at radius 1 is 1.15 bits per heavy atom. The largest absolute Gasteiger partial charge is 0.401 e. The Morgan fingerprint density at radius 2 is 1.73 bits per heavy atom. The standard InChI is InChI=1S/C19H31F3N4/c1-6-25-8-7-16(3)17(4,14(2)23)18(16,5)15(25)26-11-9-24(10-12-26)13-19(20,21)22/h7-8,15,23H,6,9-13H2,1-5H3/t15?,16-,17-,18?/m0/s1. The van der Waals surface area contributed by atoms with Crippen molar-refractivity contribution in [3.05, 3.63) is 12.3 Å². The van der Waals surface area contributed by atoms with E-state index < -0.39 is 12.7 Å². The van der Waals surface area contributed by atoms with Crippen LogP contribution in [0.1, 0.15) is 34.6 Å². The number of nitrogens with zero attached hydrogens (tertiary/aromatic N) is 3. The second-order valence-electron chi connectivity index (χ2n) is 8.60. The molecule has 0 bridgehead atoms. The third kappa shape index (κ3) is 2.46. The van der Waals surface area contributed by atoms with Crippen molar-refractivity contribution in [2.45, 2.75) is 47.0 Å². The molecule has 148 valence electrons. The maximum absolute atomic E-state index is 12.7. The summed E-state index contributed by atoms with van der Waals surface area (Å²) in [4.78, 5) is 6.14. The molecule has 0 radical (unpaired) electrons. The van der Waals surface area contributed by atoms with Crippen LogP contribution in [0.5, 0.6) is 0 Å². The van der Waals surface area contributed by atoms with E-state index >= 15 is 0 Å². The van der Waals surface area contributed by atoms with E-state index in [1.807, 2.05) is 6.92 Å². The number of piperazine rings is 1. The molecule has 1 saturated heterocycles. The third-order valence-corrected chi connectivity index (χ3v) is 7.79. The van der Waals surface area contributed by atoms with E-state index in [9.17, 15) is 13.2 Å². The lowest BCUT2D eigenvalue weighted by Gasteiger charge is -2.49. The normalized spacial score (nSPS) is 41.2. The molecule has 2 fully saturated rings. The van der Waals surface area contributed by atoms with E-state index in [1.54, 1.807) is 0 Å². The smallest absolute Gasteiger partial charge is 0.362 e. The van der Waals surface area contributed by atoms with Gasteiger partial charge < -0.3 is 10.3 Å². The van der Waals surface area contributed by atoms with Crippen molar-refractivity contribution < 1.29 is 13.2 Å². The number of nitrogens with one attached hydrogen (secondary N) is 1. The van der Waals surface area contributed by atoms with Gasteiger partial charge in [0.15, 0.2) is 0 Å². The zero-order chi connectivity index (χ0) is 19.5. The van der Waals surface area contributed by atoms with Crippen LogP contribution in [-0.4, -0.2) is 72.0 Å². The van der Waals surface area contributed by atoms with Gasteiger partial charge in [-0.15, -0.1) is 0 Å². The van der Waals surface area contributed by atoms with Gasteiger partial charge in [-0.05, 0) is 20.0 Å². The van der Waals surface area contributed by atoms with E-state index in [0.717, 1.165) is 6.54 Å². The molecule has 4 nitrogen and oxygen atoms in total. The van der Waals surface area contributed by atoms with Gasteiger partial charge in [0.2, 0.25) is 0 Å². The first-order valence-electron chi connectivity index (χ1n) is 9.46. The predicted octanol–water partition coefficient (Wildman–Crippen LogP) is 3.41. The lowest BCUT2D eigenvalue weighted by molar-refractivity contribution is -0.152. The van der Waals surface area contributed by atoms with E-state index in [4.69, 9.17) is 5.41 Å². The van der Waals surface area contributed by atoms with Crippen LogP contribution in [0.3, 0.4) is 0 Å². The van der Waals surface area contributed by atoms with Crippen LogP contribution < -0.4 is 0 Å². The van der Waals surface area contributed by atoms with Crippen molar-refractivity contribution in [1.29, 1.82) is 5.41 Å². The summed E-state index contributed by atoms with van der Waals surface area (Å²) in [6.45, 7) is 12.8. The maximum Gasteiger partial charge on any atom is 0.401 e. The van der Waals surface area contributed by atoms with Crippen molar-refractivity contribution in [3.63, 3.8) is 0 Å². The molecule has 7 heteroatoms. The molecule has 4 atom stereocenters. The summed E-state index contributed by atoms with van der Waals surface area (Å²) in [6.07, 6.45) is 0.358. The molecule has 1 saturated carbocycles. The first-order chi connectivity index (χ1) is 11.9. The maximum atomic E-state index is 12.7. The zero-order valence-electron chi connectivity index (χ0n) is 16.5. The fraction of sp³-hybridized carbons (Fsp3) is 0.842. The molecule has 2 heterocycles. The van der Waals surface area contributed by atoms with Gasteiger partial charge in [-0.1, -0.05) is 26.8 Å². The highest BCUT2D eigenvalue weighted by atomic mass is 19.4. The third-order valence-electron chi connectivity index (χ3n) is 7.79. The summed E-state index contributed by atoms with van der Waals surface area (Å²) >= 11 is 0. The van der Waals surface area contributed by atoms with Gasteiger partial charge in [-0.25, -0.2) is 0 Å². The SMILES string of the molecule is CCN1C=C[C@]2(C)C(C)(C1N1CCN(CC(F)(F)F)CC1)[C@@]2(C)C(C)=N. The second-order valence-corrected chi connectivity index (χ2v) is 8.60. The van der Waals surface area contributed by atoms with Gasteiger partial charge in [0.05, 0.1) is 12.7 Å². The lowest BCUT2D eigenvalue weighted by Crippen LogP contribution is -2.60. The Bertz CT molecular complexity index is 610. The number of alkyl halides is 3. The van der Waals surface area contributed by atoms with Gasteiger partial charge >= 0.3 is 6.18 Å². The molecular weight excluding hydrogens is 341 g/mol. The predicted molar refractivity (Wildman–Crippen MR) is 97.1 cm³/mol. The van der Waals surface area contributed by atoms with Gasteiger partial charge in [-0.3, -0.25) is 9.80 Å². The van der Waals surface area contributed by atoms with Gasteiger partial charge in [0.1, 0.15) is 0 Å². The van der Waals surface area contributed by atoms with Crippen molar-refractivity contribution in [2.75, 3.05) is 39.3 Å². The average Bonchev–Trinajstić information content (AvgIpc) is 2.96. The molecule has 0 spiro atoms. The molecule has 1 aliphatic carbocycles. The first-order valence-corrected chi connectivity index (χ1v) is 9.46. The highest BCUT2D eigenvalue weighted by Gasteiger charge is 2.83. The molecule has 0 aromatic heterocycles. The van der Waals surface area contributed by atoms with Crippen LogP contribution in [0.4, 0.5) is 13.2 Å².